The van der Waals surface area contributed by atoms with Crippen molar-refractivity contribution in [1.29, 1.82) is 0 Å². The van der Waals surface area contributed by atoms with Gasteiger partial charge in [0.25, 0.3) is 0 Å². The van der Waals surface area contributed by atoms with Gasteiger partial charge in [-0.15, -0.1) is 0 Å². The number of likely N-dealkylation sites (tertiary alicyclic amines) is 1. The number of hydrogen-bond acceptors (Lipinski definition) is 3. The fourth-order valence-corrected chi connectivity index (χ4v) is 11.4. The number of alkyl halides is 1. The van der Waals surface area contributed by atoms with E-state index in [1.54, 1.807) is 11.8 Å². The minimum Gasteiger partial charge on any atom is -0.339 e. The lowest BCUT2D eigenvalue weighted by Crippen LogP contribution is -2.64. The van der Waals surface area contributed by atoms with E-state index in [-0.39, 0.29) is 75.0 Å². The number of amides is 1. The third-order valence-corrected chi connectivity index (χ3v) is 14.3. The monoisotopic (exact) mass is 590 g/mol. The van der Waals surface area contributed by atoms with Gasteiger partial charge in [-0.05, 0) is 97.9 Å². The standard InChI is InChI=1S/C37H51FN2O3/c1-23-24-9-11-35(6)28(34(24,5)21-26(39-8)31(23)43)19-27(41)30-25-20-32(2,3)13-15-37(25,16-14-36(30,35)7)12-10-29(42)40-18-17-33(4,38)22-40/h19,21,23-25,30H,9-18,20,22H2,1-7H3/t23-,24-,25-,30-,33?,34-,35+,36+,37+/m0/s1. The zero-order chi connectivity index (χ0) is 31.4. The molecule has 4 fully saturated rings. The van der Waals surface area contributed by atoms with Crippen molar-refractivity contribution >= 4 is 17.5 Å². The number of nitrogens with zero attached hydrogens (tertiary/aromatic N) is 2. The van der Waals surface area contributed by atoms with E-state index in [4.69, 9.17) is 6.57 Å². The Balaban J connectivity index is 1.38. The summed E-state index contributed by atoms with van der Waals surface area (Å²) in [5, 5.41) is 0. The van der Waals surface area contributed by atoms with Gasteiger partial charge in [0.2, 0.25) is 11.6 Å². The zero-order valence-corrected chi connectivity index (χ0v) is 27.4. The summed E-state index contributed by atoms with van der Waals surface area (Å²) < 4.78 is 14.6. The maximum Gasteiger partial charge on any atom is 0.226 e. The number of carbonyl (C=O) groups excluding carboxylic acids is 3. The van der Waals surface area contributed by atoms with Crippen LogP contribution >= 0.6 is 0 Å². The molecule has 0 bridgehead atoms. The Bertz CT molecular complexity index is 1370. The van der Waals surface area contributed by atoms with Crippen molar-refractivity contribution in [3.8, 4) is 0 Å². The summed E-state index contributed by atoms with van der Waals surface area (Å²) >= 11 is 0. The zero-order valence-electron chi connectivity index (χ0n) is 27.4. The first-order chi connectivity index (χ1) is 19.9. The first-order valence-electron chi connectivity index (χ1n) is 16.8. The average molecular weight is 591 g/mol. The van der Waals surface area contributed by atoms with Gasteiger partial charge in [-0.1, -0.05) is 53.2 Å². The highest BCUT2D eigenvalue weighted by Gasteiger charge is 2.68. The number of ketones is 2. The van der Waals surface area contributed by atoms with E-state index >= 15 is 0 Å². The normalized spacial score (nSPS) is 46.9. The molecule has 0 radical (unpaired) electrons. The Morgan fingerprint density at radius 3 is 2.37 bits per heavy atom. The highest BCUT2D eigenvalue weighted by atomic mass is 19.1. The summed E-state index contributed by atoms with van der Waals surface area (Å²) in [4.78, 5) is 46.3. The Labute approximate surface area is 257 Å². The Hall–Kier alpha value is -2.29. The van der Waals surface area contributed by atoms with Crippen molar-refractivity contribution in [2.75, 3.05) is 13.1 Å². The van der Waals surface area contributed by atoms with E-state index in [1.807, 2.05) is 19.1 Å². The number of Topliss-reactive ketones (excluding diaryl/α,β-unsaturated/α-hetero) is 1. The van der Waals surface area contributed by atoms with Crippen molar-refractivity contribution in [1.82, 2.24) is 4.90 Å². The van der Waals surface area contributed by atoms with Crippen molar-refractivity contribution in [2.45, 2.75) is 118 Å². The van der Waals surface area contributed by atoms with Crippen LogP contribution in [0.1, 0.15) is 113 Å². The number of hydrogen-bond donors (Lipinski definition) is 0. The number of fused-ring (bicyclic) bond motifs is 7. The van der Waals surface area contributed by atoms with E-state index in [1.165, 1.54) is 0 Å². The lowest BCUT2D eigenvalue weighted by atomic mass is 9.34. The lowest BCUT2D eigenvalue weighted by Gasteiger charge is -2.69. The molecule has 0 spiro atoms. The topological polar surface area (TPSA) is 58.8 Å². The van der Waals surface area contributed by atoms with E-state index in [0.29, 0.717) is 19.4 Å². The molecule has 0 N–H and O–H groups in total. The summed E-state index contributed by atoms with van der Waals surface area (Å²) in [5.41, 5.74) is -0.809. The molecule has 6 aliphatic rings. The lowest BCUT2D eigenvalue weighted by molar-refractivity contribution is -0.171. The molecule has 6 rings (SSSR count). The molecule has 1 saturated heterocycles. The molecule has 1 amide bonds. The SMILES string of the molecule is [C-]#[N+]C1=C[C@]2(C)C3=CC(=O)[C@@H]4[C@@H]5CC(C)(C)CC[C@]5(CCC(=O)N5CCC(C)(F)C5)CC[C@@]4(C)[C@]3(C)CC[C@H]2[C@H](C)C1=O. The smallest absolute Gasteiger partial charge is 0.226 e. The molecule has 1 heterocycles. The van der Waals surface area contributed by atoms with Crippen LogP contribution in [-0.2, 0) is 14.4 Å². The Morgan fingerprint density at radius 2 is 1.72 bits per heavy atom. The van der Waals surface area contributed by atoms with Gasteiger partial charge < -0.3 is 9.69 Å². The fourth-order valence-electron chi connectivity index (χ4n) is 11.4. The number of rotatable bonds is 3. The molecule has 5 nitrogen and oxygen atoms in total. The van der Waals surface area contributed by atoms with Crippen LogP contribution in [-0.4, -0.2) is 41.1 Å². The van der Waals surface area contributed by atoms with Crippen molar-refractivity contribution in [2.24, 2.45) is 50.7 Å². The molecule has 234 valence electrons. The number of allylic oxidation sites excluding steroid dienone is 4. The molecule has 9 atom stereocenters. The molecule has 43 heavy (non-hydrogen) atoms. The van der Waals surface area contributed by atoms with Crippen LogP contribution in [0, 0.1) is 57.3 Å². The highest BCUT2D eigenvalue weighted by molar-refractivity contribution is 6.01. The second-order valence-electron chi connectivity index (χ2n) is 17.2. The van der Waals surface area contributed by atoms with Crippen molar-refractivity contribution < 1.29 is 18.8 Å². The van der Waals surface area contributed by atoms with Gasteiger partial charge in [-0.2, -0.15) is 0 Å². The van der Waals surface area contributed by atoms with Gasteiger partial charge in [0.1, 0.15) is 5.67 Å². The first kappa shape index (κ1) is 30.7. The number of carbonyl (C=O) groups is 3. The minimum absolute atomic E-state index is 0.0561. The summed E-state index contributed by atoms with van der Waals surface area (Å²) in [5.74, 6) is 0.166. The minimum atomic E-state index is -1.30. The van der Waals surface area contributed by atoms with Crippen LogP contribution in [0.15, 0.2) is 23.4 Å². The first-order valence-corrected chi connectivity index (χ1v) is 16.8. The molecule has 1 aliphatic heterocycles. The van der Waals surface area contributed by atoms with Crippen LogP contribution in [0.25, 0.3) is 4.85 Å². The maximum atomic E-state index is 14.6. The summed E-state index contributed by atoms with van der Waals surface area (Å²) in [6.45, 7) is 23.6. The molecule has 6 heteroatoms. The van der Waals surface area contributed by atoms with Gasteiger partial charge in [-0.25, -0.2) is 9.24 Å². The molecule has 0 aromatic rings. The van der Waals surface area contributed by atoms with E-state index in [9.17, 15) is 18.8 Å². The van der Waals surface area contributed by atoms with Crippen molar-refractivity contribution in [3.05, 3.63) is 34.8 Å². The van der Waals surface area contributed by atoms with Gasteiger partial charge in [0, 0.05) is 36.6 Å². The maximum absolute atomic E-state index is 14.6. The van der Waals surface area contributed by atoms with Gasteiger partial charge in [-0.3, -0.25) is 9.59 Å². The second-order valence-corrected chi connectivity index (χ2v) is 17.2. The van der Waals surface area contributed by atoms with E-state index in [0.717, 1.165) is 56.9 Å². The predicted molar refractivity (Wildman–Crippen MR) is 165 cm³/mol. The van der Waals surface area contributed by atoms with Gasteiger partial charge in [0.15, 0.2) is 11.6 Å². The predicted octanol–water partition coefficient (Wildman–Crippen LogP) is 7.91. The number of halogens is 1. The largest absolute Gasteiger partial charge is 0.339 e. The summed E-state index contributed by atoms with van der Waals surface area (Å²) in [6.07, 6.45) is 12.4. The molecular formula is C37H51FN2O3. The summed E-state index contributed by atoms with van der Waals surface area (Å²) in [6, 6.07) is 0. The van der Waals surface area contributed by atoms with E-state index in [2.05, 4.69) is 39.5 Å². The molecule has 0 aromatic carbocycles. The fraction of sp³-hybridized carbons (Fsp3) is 0.784. The molecule has 5 aliphatic carbocycles. The van der Waals surface area contributed by atoms with E-state index < -0.39 is 11.1 Å². The van der Waals surface area contributed by atoms with Gasteiger partial charge >= 0.3 is 0 Å². The average Bonchev–Trinajstić information content (AvgIpc) is 3.30. The summed E-state index contributed by atoms with van der Waals surface area (Å²) in [7, 11) is 0. The highest BCUT2D eigenvalue weighted by Crippen LogP contribution is 2.74. The quantitative estimate of drug-likeness (QED) is 0.314. The van der Waals surface area contributed by atoms with Crippen LogP contribution < -0.4 is 0 Å². The van der Waals surface area contributed by atoms with Crippen LogP contribution in [0.4, 0.5) is 4.39 Å². The van der Waals surface area contributed by atoms with Crippen LogP contribution in [0.5, 0.6) is 0 Å². The van der Waals surface area contributed by atoms with Crippen LogP contribution in [0.2, 0.25) is 0 Å². The molecule has 3 saturated carbocycles. The molecule has 1 unspecified atom stereocenters. The Kier molecular flexibility index (Phi) is 6.86. The van der Waals surface area contributed by atoms with Crippen LogP contribution in [0.3, 0.4) is 0 Å². The molecular weight excluding hydrogens is 539 g/mol. The van der Waals surface area contributed by atoms with Crippen molar-refractivity contribution in [3.63, 3.8) is 0 Å². The Morgan fingerprint density at radius 1 is 1.02 bits per heavy atom. The third kappa shape index (κ3) is 4.37. The second kappa shape index (κ2) is 9.60. The van der Waals surface area contributed by atoms with Gasteiger partial charge in [0.05, 0.1) is 13.1 Å². The third-order valence-electron chi connectivity index (χ3n) is 14.3. The molecule has 0 aromatic heterocycles.